The fourth-order valence-electron chi connectivity index (χ4n) is 0.817. The molecule has 1 heterocycles. The lowest BCUT2D eigenvalue weighted by molar-refractivity contribution is -0.136. The van der Waals surface area contributed by atoms with E-state index < -0.39 is 21.2 Å². The van der Waals surface area contributed by atoms with E-state index in [1.807, 2.05) is 0 Å². The maximum Gasteiger partial charge on any atom is 0.323 e. The van der Waals surface area contributed by atoms with Crippen LogP contribution >= 0.6 is 15.9 Å². The topological polar surface area (TPSA) is 96.4 Å². The second-order valence-electron chi connectivity index (χ2n) is 2.96. The summed E-state index contributed by atoms with van der Waals surface area (Å²) in [6, 6.07) is 3.21. The van der Waals surface area contributed by atoms with E-state index >= 15 is 0 Å². The molecule has 1 atom stereocenters. The van der Waals surface area contributed by atoms with Crippen molar-refractivity contribution in [1.29, 1.82) is 0 Å². The van der Waals surface area contributed by atoms with Crippen molar-refractivity contribution in [3.63, 3.8) is 0 Å². The Labute approximate surface area is 101 Å². The molecule has 1 unspecified atom stereocenters. The summed E-state index contributed by atoms with van der Waals surface area (Å²) in [5.41, 5.74) is 0. The van der Waals surface area contributed by atoms with Crippen LogP contribution in [0.2, 0.25) is 0 Å². The predicted molar refractivity (Wildman–Crippen MR) is 61.6 cm³/mol. The number of hydrogen-bond donors (Lipinski definition) is 2. The molecule has 0 aliphatic rings. The molecule has 0 saturated carbocycles. The van der Waals surface area contributed by atoms with E-state index in [1.165, 1.54) is 6.20 Å². The fourth-order valence-corrected chi connectivity index (χ4v) is 2.18. The average Bonchev–Trinajstić information content (AvgIpc) is 2.20. The van der Waals surface area contributed by atoms with Gasteiger partial charge in [0.1, 0.15) is 0 Å². The summed E-state index contributed by atoms with van der Waals surface area (Å²) in [5, 5.41) is 7.07. The van der Waals surface area contributed by atoms with Crippen molar-refractivity contribution in [3.8, 4) is 0 Å². The number of carboxylic acid groups (broad SMARTS) is 1. The van der Waals surface area contributed by atoms with Crippen LogP contribution in [0.4, 0.5) is 5.82 Å². The summed E-state index contributed by atoms with van der Waals surface area (Å²) < 4.78 is 25.6. The minimum Gasteiger partial charge on any atom is -0.480 e. The summed E-state index contributed by atoms with van der Waals surface area (Å²) in [4.78, 5) is 14.3. The number of rotatable bonds is 4. The lowest BCUT2D eigenvalue weighted by atomic mass is 10.5. The van der Waals surface area contributed by atoms with Gasteiger partial charge >= 0.3 is 5.97 Å². The number of carboxylic acids is 1. The third kappa shape index (κ3) is 2.92. The number of carbonyl (C=O) groups is 1. The molecule has 0 aliphatic carbocycles. The van der Waals surface area contributed by atoms with Crippen LogP contribution in [0.15, 0.2) is 22.8 Å². The zero-order valence-electron chi connectivity index (χ0n) is 8.21. The lowest BCUT2D eigenvalue weighted by Crippen LogP contribution is -2.32. The van der Waals surface area contributed by atoms with Crippen molar-refractivity contribution in [3.05, 3.63) is 22.8 Å². The highest BCUT2D eigenvalue weighted by Crippen LogP contribution is 2.20. The van der Waals surface area contributed by atoms with Gasteiger partial charge in [0.05, 0.1) is 4.47 Å². The van der Waals surface area contributed by atoms with Crippen molar-refractivity contribution in [2.24, 2.45) is 0 Å². The molecule has 0 bridgehead atoms. The standard InChI is InChI=1S/C8H9BrN2O4S/c1-5(8(12)13)16(14,15)11-7-6(9)3-2-4-10-7/h2-5H,1H3,(H,10,11)(H,12,13). The maximum atomic E-state index is 11.5. The summed E-state index contributed by atoms with van der Waals surface area (Å²) in [6.45, 7) is 1.08. The van der Waals surface area contributed by atoms with E-state index in [0.717, 1.165) is 6.92 Å². The van der Waals surface area contributed by atoms with E-state index in [2.05, 4.69) is 25.6 Å². The molecule has 1 rings (SSSR count). The van der Waals surface area contributed by atoms with Crippen LogP contribution in [0.5, 0.6) is 0 Å². The first-order valence-electron chi connectivity index (χ1n) is 4.19. The summed E-state index contributed by atoms with van der Waals surface area (Å²) in [5.74, 6) is -1.35. The second kappa shape index (κ2) is 4.79. The number of aromatic nitrogens is 1. The third-order valence-electron chi connectivity index (χ3n) is 1.81. The molecule has 0 spiro atoms. The van der Waals surface area contributed by atoms with Gasteiger partial charge in [0, 0.05) is 6.20 Å². The van der Waals surface area contributed by atoms with Crippen LogP contribution in [-0.2, 0) is 14.8 Å². The molecular formula is C8H9BrN2O4S. The van der Waals surface area contributed by atoms with Gasteiger partial charge in [-0.15, -0.1) is 0 Å². The van der Waals surface area contributed by atoms with Gasteiger partial charge in [0.15, 0.2) is 11.1 Å². The largest absolute Gasteiger partial charge is 0.480 e. The monoisotopic (exact) mass is 308 g/mol. The van der Waals surface area contributed by atoms with Gasteiger partial charge in [-0.1, -0.05) is 0 Å². The molecule has 0 saturated heterocycles. The molecule has 2 N–H and O–H groups in total. The highest BCUT2D eigenvalue weighted by Gasteiger charge is 2.28. The number of halogens is 1. The average molecular weight is 309 g/mol. The molecule has 0 radical (unpaired) electrons. The number of nitrogens with one attached hydrogen (secondary N) is 1. The molecule has 16 heavy (non-hydrogen) atoms. The molecule has 8 heteroatoms. The van der Waals surface area contributed by atoms with Gasteiger partial charge < -0.3 is 5.11 Å². The molecule has 0 fully saturated rings. The first-order chi connectivity index (χ1) is 7.34. The van der Waals surface area contributed by atoms with Crippen molar-refractivity contribution >= 4 is 37.7 Å². The Morgan fingerprint density at radius 3 is 2.75 bits per heavy atom. The first kappa shape index (κ1) is 12.9. The maximum absolute atomic E-state index is 11.5. The Morgan fingerprint density at radius 1 is 1.62 bits per heavy atom. The third-order valence-corrected chi connectivity index (χ3v) is 4.06. The van der Waals surface area contributed by atoms with Crippen LogP contribution in [0.1, 0.15) is 6.92 Å². The van der Waals surface area contributed by atoms with E-state index in [4.69, 9.17) is 5.11 Å². The van der Waals surface area contributed by atoms with Gasteiger partial charge in [-0.05, 0) is 35.0 Å². The van der Waals surface area contributed by atoms with Crippen LogP contribution in [0, 0.1) is 0 Å². The Bertz CT molecular complexity index is 503. The van der Waals surface area contributed by atoms with Crippen LogP contribution in [0.3, 0.4) is 0 Å². The molecule has 0 aromatic carbocycles. The molecule has 1 aromatic heterocycles. The fraction of sp³-hybridized carbons (Fsp3) is 0.250. The zero-order chi connectivity index (χ0) is 12.3. The first-order valence-corrected chi connectivity index (χ1v) is 6.53. The van der Waals surface area contributed by atoms with E-state index in [0.29, 0.717) is 4.47 Å². The molecule has 0 aliphatic heterocycles. The SMILES string of the molecule is CC(C(=O)O)S(=O)(=O)Nc1ncccc1Br. The van der Waals surface area contributed by atoms with Crippen molar-refractivity contribution in [2.45, 2.75) is 12.2 Å². The van der Waals surface area contributed by atoms with Crippen LogP contribution in [0.25, 0.3) is 0 Å². The molecule has 6 nitrogen and oxygen atoms in total. The van der Waals surface area contributed by atoms with Crippen LogP contribution in [-0.4, -0.2) is 29.7 Å². The summed E-state index contributed by atoms with van der Waals surface area (Å²) >= 11 is 3.10. The van der Waals surface area contributed by atoms with E-state index in [-0.39, 0.29) is 5.82 Å². The van der Waals surface area contributed by atoms with Gasteiger partial charge in [-0.3, -0.25) is 9.52 Å². The minimum absolute atomic E-state index is 0.0654. The Kier molecular flexibility index (Phi) is 3.87. The van der Waals surface area contributed by atoms with Gasteiger partial charge in [-0.2, -0.15) is 0 Å². The number of nitrogens with zero attached hydrogens (tertiary/aromatic N) is 1. The molecule has 0 amide bonds. The lowest BCUT2D eigenvalue weighted by Gasteiger charge is -2.11. The van der Waals surface area contributed by atoms with Gasteiger partial charge in [0.2, 0.25) is 10.0 Å². The summed E-state index contributed by atoms with van der Waals surface area (Å²) in [6.07, 6.45) is 1.40. The van der Waals surface area contributed by atoms with E-state index in [1.54, 1.807) is 12.1 Å². The Balaban J connectivity index is 2.98. The van der Waals surface area contributed by atoms with Crippen molar-refractivity contribution < 1.29 is 18.3 Å². The number of anilines is 1. The van der Waals surface area contributed by atoms with Crippen molar-refractivity contribution in [1.82, 2.24) is 4.98 Å². The molecular weight excluding hydrogens is 300 g/mol. The number of pyridine rings is 1. The highest BCUT2D eigenvalue weighted by atomic mass is 79.9. The quantitative estimate of drug-likeness (QED) is 0.867. The molecule has 1 aromatic rings. The van der Waals surface area contributed by atoms with Gasteiger partial charge in [0.25, 0.3) is 0 Å². The molecule has 88 valence electrons. The predicted octanol–water partition coefficient (Wildman–Crippen LogP) is 1.06. The highest BCUT2D eigenvalue weighted by molar-refractivity contribution is 9.10. The zero-order valence-corrected chi connectivity index (χ0v) is 10.6. The number of hydrogen-bond acceptors (Lipinski definition) is 4. The summed E-state index contributed by atoms with van der Waals surface area (Å²) in [7, 11) is -3.98. The van der Waals surface area contributed by atoms with Crippen LogP contribution < -0.4 is 4.72 Å². The Hall–Kier alpha value is -1.15. The second-order valence-corrected chi connectivity index (χ2v) is 5.82. The number of aliphatic carboxylic acids is 1. The minimum atomic E-state index is -3.98. The normalized spacial score (nSPS) is 13.1. The smallest absolute Gasteiger partial charge is 0.323 e. The Morgan fingerprint density at radius 2 is 2.25 bits per heavy atom. The van der Waals surface area contributed by atoms with E-state index in [9.17, 15) is 13.2 Å². The van der Waals surface area contributed by atoms with Crippen molar-refractivity contribution in [2.75, 3.05) is 4.72 Å². The van der Waals surface area contributed by atoms with Gasteiger partial charge in [-0.25, -0.2) is 13.4 Å². The number of sulfonamides is 1.